The van der Waals surface area contributed by atoms with Crippen molar-refractivity contribution in [2.24, 2.45) is 0 Å². The van der Waals surface area contributed by atoms with Crippen LogP contribution in [0.3, 0.4) is 0 Å². The number of rotatable bonds is 4. The van der Waals surface area contributed by atoms with Gasteiger partial charge in [0, 0.05) is 42.9 Å². The molecule has 5 aromatic carbocycles. The summed E-state index contributed by atoms with van der Waals surface area (Å²) >= 11 is 1.82. The number of imidazole rings is 1. The average molecular weight is 827 g/mol. The topological polar surface area (TPSA) is 43.6 Å². The van der Waals surface area contributed by atoms with E-state index in [1.165, 1.54) is 36.9 Å². The summed E-state index contributed by atoms with van der Waals surface area (Å²) in [6.45, 7) is 4.27. The van der Waals surface area contributed by atoms with Crippen molar-refractivity contribution >= 4 is 42.5 Å². The van der Waals surface area contributed by atoms with E-state index in [-0.39, 0.29) is 20.1 Å². The standard InChI is InChI=1S/C32H22N3S.C11H8N.Ir/c1-20-13-15-26(31-29(20)25-16-14-23(17-28(25)36-31)22-9-5-3-6-10-22)32-34-27-19-33-18-21(2)30(27)35(32)24-11-7-4-8-12-24;1-2-6-10(7-3-1)11-8-4-5-9-12-11;/h3-14,16-19H,1-2H3;1-6,8-9H;/q2*-1;. The van der Waals surface area contributed by atoms with Gasteiger partial charge in [-0.1, -0.05) is 90.7 Å². The third-order valence-corrected chi connectivity index (χ3v) is 9.65. The summed E-state index contributed by atoms with van der Waals surface area (Å²) in [4.78, 5) is 13.7. The smallest absolute Gasteiger partial charge is 0.0960 e. The summed E-state index contributed by atoms with van der Waals surface area (Å²) in [5.41, 5.74) is 10.9. The van der Waals surface area contributed by atoms with Crippen LogP contribution < -0.4 is 0 Å². The van der Waals surface area contributed by atoms with E-state index < -0.39 is 0 Å². The van der Waals surface area contributed by atoms with Gasteiger partial charge in [-0.2, -0.15) is 11.3 Å². The fourth-order valence-corrected chi connectivity index (χ4v) is 7.53. The third kappa shape index (κ3) is 6.23. The second-order valence-corrected chi connectivity index (χ2v) is 12.7. The van der Waals surface area contributed by atoms with E-state index in [0.29, 0.717) is 0 Å². The number of hydrogen-bond donors (Lipinski definition) is 0. The van der Waals surface area contributed by atoms with Crippen molar-refractivity contribution in [1.29, 1.82) is 0 Å². The van der Waals surface area contributed by atoms with Crippen LogP contribution in [0.2, 0.25) is 0 Å². The first-order chi connectivity index (χ1) is 23.7. The molecule has 0 aliphatic rings. The monoisotopic (exact) mass is 827 g/mol. The SMILES string of the molecule is Cc1c[c-]c(-c2nc3cncc(C)c3n2-c2ccccc2)c2sc3cc(-c4ccccc4)ccc3c12.[Ir].[c-]1ccccc1-c1ccccn1. The molecule has 0 amide bonds. The summed E-state index contributed by atoms with van der Waals surface area (Å²) < 4.78 is 4.75. The molecule has 4 heterocycles. The summed E-state index contributed by atoms with van der Waals surface area (Å²) in [6, 6.07) is 50.3. The molecule has 0 aliphatic heterocycles. The first kappa shape index (κ1) is 32.3. The van der Waals surface area contributed by atoms with Gasteiger partial charge in [0.2, 0.25) is 0 Å². The second-order valence-electron chi connectivity index (χ2n) is 11.7. The van der Waals surface area contributed by atoms with Crippen LogP contribution in [0.4, 0.5) is 0 Å². The maximum atomic E-state index is 5.11. The molecule has 0 bridgehead atoms. The Kier molecular flexibility index (Phi) is 9.27. The first-order valence-electron chi connectivity index (χ1n) is 15.9. The van der Waals surface area contributed by atoms with Gasteiger partial charge < -0.3 is 9.55 Å². The number of benzene rings is 5. The van der Waals surface area contributed by atoms with E-state index in [9.17, 15) is 0 Å². The predicted molar refractivity (Wildman–Crippen MR) is 199 cm³/mol. The van der Waals surface area contributed by atoms with Crippen LogP contribution in [0.25, 0.3) is 70.7 Å². The van der Waals surface area contributed by atoms with Crippen molar-refractivity contribution in [1.82, 2.24) is 19.5 Å². The van der Waals surface area contributed by atoms with E-state index >= 15 is 0 Å². The van der Waals surface area contributed by atoms with Gasteiger partial charge in [0.05, 0.1) is 23.1 Å². The largest absolute Gasteiger partial charge is 0.333 e. The van der Waals surface area contributed by atoms with Crippen LogP contribution in [-0.4, -0.2) is 19.5 Å². The molecule has 0 spiro atoms. The van der Waals surface area contributed by atoms with Gasteiger partial charge in [-0.25, -0.2) is 0 Å². The minimum atomic E-state index is 0. The molecule has 49 heavy (non-hydrogen) atoms. The van der Waals surface area contributed by atoms with Gasteiger partial charge in [0.1, 0.15) is 0 Å². The zero-order valence-electron chi connectivity index (χ0n) is 26.9. The Bertz CT molecular complexity index is 2470. The number of fused-ring (bicyclic) bond motifs is 4. The molecular weight excluding hydrogens is 797 g/mol. The van der Waals surface area contributed by atoms with E-state index in [1.54, 1.807) is 6.20 Å². The van der Waals surface area contributed by atoms with Gasteiger partial charge in [-0.3, -0.25) is 9.97 Å². The third-order valence-electron chi connectivity index (χ3n) is 8.48. The van der Waals surface area contributed by atoms with Crippen LogP contribution in [0.1, 0.15) is 11.1 Å². The normalized spacial score (nSPS) is 10.9. The molecule has 4 aromatic heterocycles. The molecule has 0 saturated heterocycles. The molecule has 0 aliphatic carbocycles. The number of nitrogens with zero attached hydrogens (tertiary/aromatic N) is 4. The summed E-state index contributed by atoms with van der Waals surface area (Å²) in [6.07, 6.45) is 5.55. The maximum Gasteiger partial charge on any atom is 0.0960 e. The molecule has 0 N–H and O–H groups in total. The molecule has 9 aromatic rings. The molecule has 9 rings (SSSR count). The Hall–Kier alpha value is -5.26. The number of aryl methyl sites for hydroxylation is 2. The number of pyridine rings is 2. The first-order valence-corrected chi connectivity index (χ1v) is 16.7. The number of aromatic nitrogens is 4. The Morgan fingerprint density at radius 2 is 1.49 bits per heavy atom. The maximum absolute atomic E-state index is 5.11. The van der Waals surface area contributed by atoms with Gasteiger partial charge in [0.25, 0.3) is 0 Å². The summed E-state index contributed by atoms with van der Waals surface area (Å²) in [7, 11) is 0. The molecule has 1 radical (unpaired) electrons. The predicted octanol–water partition coefficient (Wildman–Crippen LogP) is 11.1. The van der Waals surface area contributed by atoms with Crippen molar-refractivity contribution in [3.8, 4) is 39.5 Å². The van der Waals surface area contributed by atoms with E-state index in [2.05, 4.69) is 119 Å². The Balaban J connectivity index is 0.000000246. The molecule has 239 valence electrons. The quantitative estimate of drug-likeness (QED) is 0.166. The Morgan fingerprint density at radius 3 is 2.24 bits per heavy atom. The van der Waals surface area contributed by atoms with Crippen molar-refractivity contribution < 1.29 is 20.1 Å². The van der Waals surface area contributed by atoms with Crippen molar-refractivity contribution in [2.45, 2.75) is 13.8 Å². The summed E-state index contributed by atoms with van der Waals surface area (Å²) in [5.74, 6) is 0.895. The Morgan fingerprint density at radius 1 is 0.714 bits per heavy atom. The van der Waals surface area contributed by atoms with E-state index in [0.717, 1.165) is 44.9 Å². The molecule has 0 atom stereocenters. The minimum absolute atomic E-state index is 0. The van der Waals surface area contributed by atoms with Crippen molar-refractivity contribution in [3.63, 3.8) is 0 Å². The minimum Gasteiger partial charge on any atom is -0.333 e. The zero-order chi connectivity index (χ0) is 32.5. The fourth-order valence-electron chi connectivity index (χ4n) is 6.22. The molecule has 0 saturated carbocycles. The molecule has 0 fully saturated rings. The van der Waals surface area contributed by atoms with E-state index in [4.69, 9.17) is 4.98 Å². The van der Waals surface area contributed by atoms with Crippen LogP contribution in [-0.2, 0) is 20.1 Å². The van der Waals surface area contributed by atoms with Crippen molar-refractivity contribution in [2.75, 3.05) is 0 Å². The number of hydrogen-bond acceptors (Lipinski definition) is 4. The molecular formula is C43H30IrN4S-2. The molecule has 0 unspecified atom stereocenters. The molecule has 4 nitrogen and oxygen atoms in total. The Labute approximate surface area is 303 Å². The van der Waals surface area contributed by atoms with Gasteiger partial charge in [-0.05, 0) is 63.7 Å². The van der Waals surface area contributed by atoms with Crippen LogP contribution in [0.5, 0.6) is 0 Å². The molecule has 6 heteroatoms. The van der Waals surface area contributed by atoms with Crippen LogP contribution >= 0.6 is 11.3 Å². The van der Waals surface area contributed by atoms with Gasteiger partial charge in [-0.15, -0.1) is 53.6 Å². The van der Waals surface area contributed by atoms with E-state index in [1.807, 2.05) is 72.3 Å². The van der Waals surface area contributed by atoms with Gasteiger partial charge >= 0.3 is 0 Å². The summed E-state index contributed by atoms with van der Waals surface area (Å²) in [5, 5.41) is 2.56. The fraction of sp³-hybridized carbons (Fsp3) is 0.0465. The van der Waals surface area contributed by atoms with Crippen molar-refractivity contribution in [3.05, 3.63) is 169 Å². The number of thiophene rings is 1. The van der Waals surface area contributed by atoms with Crippen LogP contribution in [0.15, 0.2) is 146 Å². The second kappa shape index (κ2) is 14.1. The average Bonchev–Trinajstić information content (AvgIpc) is 3.74. The van der Waals surface area contributed by atoms with Gasteiger partial charge in [0.15, 0.2) is 0 Å². The zero-order valence-corrected chi connectivity index (χ0v) is 30.1. The number of para-hydroxylation sites is 1. The van der Waals surface area contributed by atoms with Crippen LogP contribution in [0, 0.1) is 26.0 Å².